The zero-order valence-electron chi connectivity index (χ0n) is 7.07. The number of hydrazone groups is 1. The summed E-state index contributed by atoms with van der Waals surface area (Å²) in [5.41, 5.74) is 2.07. The van der Waals surface area contributed by atoms with Crippen LogP contribution in [0.1, 0.15) is 19.8 Å². The van der Waals surface area contributed by atoms with Gasteiger partial charge in [0, 0.05) is 6.21 Å². The van der Waals surface area contributed by atoms with Gasteiger partial charge in [-0.15, -0.1) is 0 Å². The SMILES string of the molecule is CC1=CN2N=CCCC=C2C=N1. The number of rotatable bonds is 0. The second-order valence-corrected chi connectivity index (χ2v) is 2.88. The molecule has 0 aromatic carbocycles. The third kappa shape index (κ3) is 1.30. The maximum atomic E-state index is 4.27. The van der Waals surface area contributed by atoms with Gasteiger partial charge in [-0.2, -0.15) is 5.10 Å². The highest BCUT2D eigenvalue weighted by molar-refractivity contribution is 5.80. The summed E-state index contributed by atoms with van der Waals surface area (Å²) < 4.78 is 0. The van der Waals surface area contributed by atoms with Crippen LogP contribution in [0.25, 0.3) is 0 Å². The maximum absolute atomic E-state index is 4.27. The smallest absolute Gasteiger partial charge is 0.0789 e. The predicted octanol–water partition coefficient (Wildman–Crippen LogP) is 1.90. The Morgan fingerprint density at radius 2 is 2.33 bits per heavy atom. The van der Waals surface area contributed by atoms with E-state index in [2.05, 4.69) is 16.2 Å². The van der Waals surface area contributed by atoms with E-state index in [4.69, 9.17) is 0 Å². The molecule has 0 fully saturated rings. The second kappa shape index (κ2) is 2.93. The minimum Gasteiger partial charge on any atom is -0.258 e. The number of aliphatic imine (C=N–C) groups is 1. The first kappa shape index (κ1) is 7.28. The quantitative estimate of drug-likeness (QED) is 0.533. The van der Waals surface area contributed by atoms with Gasteiger partial charge in [0.25, 0.3) is 0 Å². The molecule has 0 saturated heterocycles. The van der Waals surface area contributed by atoms with Crippen LogP contribution < -0.4 is 0 Å². The lowest BCUT2D eigenvalue weighted by Crippen LogP contribution is -2.13. The fraction of sp³-hybridized carbons (Fsp3) is 0.333. The van der Waals surface area contributed by atoms with Gasteiger partial charge in [0.1, 0.15) is 0 Å². The molecule has 0 atom stereocenters. The van der Waals surface area contributed by atoms with Gasteiger partial charge in [-0.3, -0.25) is 4.99 Å². The molecule has 2 aliphatic rings. The van der Waals surface area contributed by atoms with E-state index in [9.17, 15) is 0 Å². The fourth-order valence-corrected chi connectivity index (χ4v) is 1.21. The van der Waals surface area contributed by atoms with E-state index in [0.717, 1.165) is 24.2 Å². The molecule has 2 heterocycles. The highest BCUT2D eigenvalue weighted by Crippen LogP contribution is 2.15. The van der Waals surface area contributed by atoms with Crippen molar-refractivity contribution in [1.29, 1.82) is 0 Å². The van der Waals surface area contributed by atoms with Gasteiger partial charge in [0.2, 0.25) is 0 Å². The molecule has 0 saturated carbocycles. The lowest BCUT2D eigenvalue weighted by Gasteiger charge is -2.17. The van der Waals surface area contributed by atoms with Crippen LogP contribution in [-0.2, 0) is 0 Å². The molecule has 0 bridgehead atoms. The number of hydrogen-bond acceptors (Lipinski definition) is 3. The summed E-state index contributed by atoms with van der Waals surface area (Å²) in [4.78, 5) is 4.21. The van der Waals surface area contributed by atoms with Crippen LogP contribution in [-0.4, -0.2) is 17.4 Å². The van der Waals surface area contributed by atoms with E-state index in [1.165, 1.54) is 0 Å². The number of allylic oxidation sites excluding steroid dienone is 3. The Labute approximate surface area is 71.8 Å². The molecular formula is C9H11N3. The van der Waals surface area contributed by atoms with Gasteiger partial charge in [-0.25, -0.2) is 5.01 Å². The van der Waals surface area contributed by atoms with Crippen LogP contribution in [0.5, 0.6) is 0 Å². The lowest BCUT2D eigenvalue weighted by atomic mass is 10.2. The van der Waals surface area contributed by atoms with Crippen molar-refractivity contribution < 1.29 is 0 Å². The Kier molecular flexibility index (Phi) is 1.78. The summed E-state index contributed by atoms with van der Waals surface area (Å²) in [5, 5.41) is 6.14. The topological polar surface area (TPSA) is 28.0 Å². The van der Waals surface area contributed by atoms with Gasteiger partial charge in [0.05, 0.1) is 23.8 Å². The predicted molar refractivity (Wildman–Crippen MR) is 49.9 cm³/mol. The van der Waals surface area contributed by atoms with Gasteiger partial charge < -0.3 is 0 Å². The number of nitrogens with zero attached hydrogens (tertiary/aromatic N) is 3. The largest absolute Gasteiger partial charge is 0.258 e. The minimum atomic E-state index is 0.992. The Morgan fingerprint density at radius 3 is 3.25 bits per heavy atom. The van der Waals surface area contributed by atoms with Crippen LogP contribution in [0, 0.1) is 0 Å². The molecule has 12 heavy (non-hydrogen) atoms. The third-order valence-electron chi connectivity index (χ3n) is 1.83. The molecule has 0 aliphatic carbocycles. The van der Waals surface area contributed by atoms with Crippen molar-refractivity contribution in [2.45, 2.75) is 19.8 Å². The van der Waals surface area contributed by atoms with Crippen molar-refractivity contribution in [3.8, 4) is 0 Å². The minimum absolute atomic E-state index is 0.992. The average molecular weight is 161 g/mol. The zero-order valence-corrected chi connectivity index (χ0v) is 7.07. The van der Waals surface area contributed by atoms with Crippen LogP contribution in [0.15, 0.2) is 33.8 Å². The first-order valence-electron chi connectivity index (χ1n) is 4.10. The molecule has 0 N–H and O–H groups in total. The molecule has 3 heteroatoms. The lowest BCUT2D eigenvalue weighted by molar-refractivity contribution is 0.518. The van der Waals surface area contributed by atoms with E-state index in [1.54, 1.807) is 0 Å². The van der Waals surface area contributed by atoms with E-state index >= 15 is 0 Å². The summed E-state index contributed by atoms with van der Waals surface area (Å²) in [6.45, 7) is 1.97. The monoisotopic (exact) mass is 161 g/mol. The van der Waals surface area contributed by atoms with E-state index in [-0.39, 0.29) is 0 Å². The Bertz CT molecular complexity index is 297. The van der Waals surface area contributed by atoms with E-state index in [0.29, 0.717) is 0 Å². The van der Waals surface area contributed by atoms with Crippen molar-refractivity contribution in [3.05, 3.63) is 23.7 Å². The Balaban J connectivity index is 2.33. The van der Waals surface area contributed by atoms with E-state index in [1.807, 2.05) is 30.6 Å². The summed E-state index contributed by atoms with van der Waals surface area (Å²) in [6.07, 6.45) is 9.95. The van der Waals surface area contributed by atoms with Gasteiger partial charge in [0.15, 0.2) is 0 Å². The molecule has 0 amide bonds. The van der Waals surface area contributed by atoms with Crippen molar-refractivity contribution in [2.75, 3.05) is 0 Å². The van der Waals surface area contributed by atoms with Gasteiger partial charge >= 0.3 is 0 Å². The molecule has 2 rings (SSSR count). The van der Waals surface area contributed by atoms with Crippen molar-refractivity contribution in [2.24, 2.45) is 10.1 Å². The molecule has 0 aromatic rings. The summed E-state index contributed by atoms with van der Waals surface area (Å²) >= 11 is 0. The molecule has 2 aliphatic heterocycles. The van der Waals surface area contributed by atoms with Crippen LogP contribution >= 0.6 is 0 Å². The first-order valence-corrected chi connectivity index (χ1v) is 4.10. The summed E-state index contributed by atoms with van der Waals surface area (Å²) in [5.74, 6) is 0. The van der Waals surface area contributed by atoms with E-state index < -0.39 is 0 Å². The van der Waals surface area contributed by atoms with Gasteiger partial charge in [-0.05, 0) is 19.8 Å². The molecular weight excluding hydrogens is 150 g/mol. The average Bonchev–Trinajstić information content (AvgIpc) is 2.28. The number of hydrogen-bond donors (Lipinski definition) is 0. The molecule has 3 nitrogen and oxygen atoms in total. The molecule has 62 valence electrons. The van der Waals surface area contributed by atoms with Crippen molar-refractivity contribution in [1.82, 2.24) is 5.01 Å². The first-order chi connectivity index (χ1) is 5.86. The summed E-state index contributed by atoms with van der Waals surface area (Å²) in [6, 6.07) is 0. The van der Waals surface area contributed by atoms with Crippen LogP contribution in [0.2, 0.25) is 0 Å². The second-order valence-electron chi connectivity index (χ2n) is 2.88. The van der Waals surface area contributed by atoms with Gasteiger partial charge in [-0.1, -0.05) is 6.08 Å². The fourth-order valence-electron chi connectivity index (χ4n) is 1.21. The maximum Gasteiger partial charge on any atom is 0.0789 e. The molecule has 0 spiro atoms. The molecule has 0 radical (unpaired) electrons. The Hall–Kier alpha value is -1.38. The zero-order chi connectivity index (χ0) is 8.39. The molecule has 0 unspecified atom stereocenters. The van der Waals surface area contributed by atoms with Crippen LogP contribution in [0.3, 0.4) is 0 Å². The van der Waals surface area contributed by atoms with Crippen molar-refractivity contribution in [3.63, 3.8) is 0 Å². The van der Waals surface area contributed by atoms with Crippen molar-refractivity contribution >= 4 is 12.4 Å². The highest BCUT2D eigenvalue weighted by Gasteiger charge is 2.09. The third-order valence-corrected chi connectivity index (χ3v) is 1.83. The Morgan fingerprint density at radius 1 is 1.42 bits per heavy atom. The molecule has 0 aromatic heterocycles. The number of fused-ring (bicyclic) bond motifs is 1. The highest BCUT2D eigenvalue weighted by atomic mass is 15.5. The van der Waals surface area contributed by atoms with Crippen LogP contribution in [0.4, 0.5) is 0 Å². The normalized spacial score (nSPS) is 21.2. The standard InChI is InChI=1S/C9H11N3/c1-8-7-12-9(6-10-8)4-2-3-5-11-12/h4-7H,2-3H2,1H3. The summed E-state index contributed by atoms with van der Waals surface area (Å²) in [7, 11) is 0.